The van der Waals surface area contributed by atoms with Gasteiger partial charge in [0.05, 0.1) is 17.1 Å². The Labute approximate surface area is 145 Å². The first-order valence-corrected chi connectivity index (χ1v) is 7.91. The predicted molar refractivity (Wildman–Crippen MR) is 90.1 cm³/mol. The van der Waals surface area contributed by atoms with Gasteiger partial charge < -0.3 is 9.73 Å². The molecule has 3 aromatic rings. The molecule has 0 fully saturated rings. The first-order valence-electron chi connectivity index (χ1n) is 6.74. The summed E-state index contributed by atoms with van der Waals surface area (Å²) in [5, 5.41) is 11.1. The summed E-state index contributed by atoms with van der Waals surface area (Å²) >= 11 is 9.42. The van der Waals surface area contributed by atoms with Crippen molar-refractivity contribution >= 4 is 33.4 Å². The minimum Gasteiger partial charge on any atom is -0.419 e. The monoisotopic (exact) mass is 391 g/mol. The third kappa shape index (κ3) is 3.78. The van der Waals surface area contributed by atoms with Crippen LogP contribution in [-0.4, -0.2) is 16.1 Å². The Bertz CT molecular complexity index is 851. The van der Waals surface area contributed by atoms with Gasteiger partial charge in [-0.25, -0.2) is 0 Å². The molecule has 0 aliphatic rings. The van der Waals surface area contributed by atoms with Gasteiger partial charge in [0.1, 0.15) is 0 Å². The highest BCUT2D eigenvalue weighted by atomic mass is 79.9. The molecule has 0 aliphatic carbocycles. The van der Waals surface area contributed by atoms with Gasteiger partial charge in [-0.15, -0.1) is 10.2 Å². The Kier molecular flexibility index (Phi) is 4.73. The number of nitrogens with zero attached hydrogens (tertiary/aromatic N) is 2. The molecule has 1 N–H and O–H groups in total. The molecule has 0 bridgehead atoms. The first kappa shape index (κ1) is 15.7. The van der Waals surface area contributed by atoms with E-state index in [4.69, 9.17) is 16.0 Å². The third-order valence-electron chi connectivity index (χ3n) is 3.06. The number of nitrogens with one attached hydrogen (secondary N) is 1. The van der Waals surface area contributed by atoms with Gasteiger partial charge in [0, 0.05) is 10.0 Å². The Morgan fingerprint density at radius 2 is 2.00 bits per heavy atom. The lowest BCUT2D eigenvalue weighted by atomic mass is 10.2. The van der Waals surface area contributed by atoms with Crippen LogP contribution in [0.25, 0.3) is 11.5 Å². The number of carbonyl (C=O) groups excluding carboxylic acids is 1. The Balaban J connectivity index is 1.68. The smallest absolute Gasteiger partial charge is 0.251 e. The fourth-order valence-corrected chi connectivity index (χ4v) is 2.57. The molecule has 0 aliphatic heterocycles. The molecule has 0 unspecified atom stereocenters. The van der Waals surface area contributed by atoms with Gasteiger partial charge in [-0.05, 0) is 30.3 Å². The van der Waals surface area contributed by atoms with Gasteiger partial charge in [-0.2, -0.15) is 0 Å². The molecule has 0 radical (unpaired) electrons. The van der Waals surface area contributed by atoms with Crippen LogP contribution in [-0.2, 0) is 6.54 Å². The minimum atomic E-state index is -0.219. The van der Waals surface area contributed by atoms with Crippen molar-refractivity contribution in [2.45, 2.75) is 6.54 Å². The number of hydrogen-bond acceptors (Lipinski definition) is 4. The molecule has 7 heteroatoms. The van der Waals surface area contributed by atoms with Crippen LogP contribution in [0.4, 0.5) is 0 Å². The van der Waals surface area contributed by atoms with Crippen molar-refractivity contribution in [2.75, 3.05) is 0 Å². The highest BCUT2D eigenvalue weighted by molar-refractivity contribution is 9.10. The standard InChI is InChI=1S/C16H11BrClN3O2/c17-11-5-3-4-10(8-11)15(22)19-9-14-20-21-16(23-14)12-6-1-2-7-13(12)18/h1-8H,9H2,(H,19,22). The number of rotatable bonds is 4. The number of halogens is 2. The van der Waals surface area contributed by atoms with Crippen LogP contribution in [0.1, 0.15) is 16.2 Å². The van der Waals surface area contributed by atoms with Crippen LogP contribution in [0.3, 0.4) is 0 Å². The van der Waals surface area contributed by atoms with E-state index in [1.807, 2.05) is 18.2 Å². The molecular weight excluding hydrogens is 382 g/mol. The van der Waals surface area contributed by atoms with E-state index in [0.717, 1.165) is 4.47 Å². The molecule has 0 spiro atoms. The predicted octanol–water partition coefficient (Wildman–Crippen LogP) is 4.08. The van der Waals surface area contributed by atoms with Crippen molar-refractivity contribution in [3.8, 4) is 11.5 Å². The molecule has 23 heavy (non-hydrogen) atoms. The van der Waals surface area contributed by atoms with E-state index in [-0.39, 0.29) is 12.5 Å². The quantitative estimate of drug-likeness (QED) is 0.726. The van der Waals surface area contributed by atoms with E-state index in [1.165, 1.54) is 0 Å². The minimum absolute atomic E-state index is 0.142. The van der Waals surface area contributed by atoms with Crippen LogP contribution >= 0.6 is 27.5 Å². The van der Waals surface area contributed by atoms with Crippen molar-refractivity contribution in [1.29, 1.82) is 0 Å². The topological polar surface area (TPSA) is 68.0 Å². The number of amides is 1. The fourth-order valence-electron chi connectivity index (χ4n) is 1.96. The zero-order chi connectivity index (χ0) is 16.2. The Morgan fingerprint density at radius 3 is 2.78 bits per heavy atom. The van der Waals surface area contributed by atoms with Crippen LogP contribution in [0.2, 0.25) is 5.02 Å². The SMILES string of the molecule is O=C(NCc1nnc(-c2ccccc2Cl)o1)c1cccc(Br)c1. The van der Waals surface area contributed by atoms with E-state index in [9.17, 15) is 4.79 Å². The molecule has 5 nitrogen and oxygen atoms in total. The van der Waals surface area contributed by atoms with E-state index in [2.05, 4.69) is 31.4 Å². The van der Waals surface area contributed by atoms with Gasteiger partial charge in [0.15, 0.2) is 0 Å². The molecule has 1 aromatic heterocycles. The second kappa shape index (κ2) is 6.93. The summed E-state index contributed by atoms with van der Waals surface area (Å²) in [7, 11) is 0. The zero-order valence-electron chi connectivity index (χ0n) is 11.8. The van der Waals surface area contributed by atoms with Crippen molar-refractivity contribution in [2.24, 2.45) is 0 Å². The number of carbonyl (C=O) groups is 1. The maximum Gasteiger partial charge on any atom is 0.251 e. The number of hydrogen-bond donors (Lipinski definition) is 1. The summed E-state index contributed by atoms with van der Waals surface area (Å²) in [5.41, 5.74) is 1.21. The van der Waals surface area contributed by atoms with E-state index in [1.54, 1.807) is 30.3 Å². The Hall–Kier alpha value is -2.18. The zero-order valence-corrected chi connectivity index (χ0v) is 14.1. The van der Waals surface area contributed by atoms with E-state index < -0.39 is 0 Å². The average Bonchev–Trinajstić information content (AvgIpc) is 3.02. The van der Waals surface area contributed by atoms with Crippen LogP contribution in [0.15, 0.2) is 57.4 Å². The summed E-state index contributed by atoms with van der Waals surface area (Å²) in [6.45, 7) is 0.142. The van der Waals surface area contributed by atoms with Gasteiger partial charge in [0.2, 0.25) is 11.8 Å². The second-order valence-corrected chi connectivity index (χ2v) is 6.00. The molecule has 3 rings (SSSR count). The maximum atomic E-state index is 12.1. The first-order chi connectivity index (χ1) is 11.1. The summed E-state index contributed by atoms with van der Waals surface area (Å²) in [4.78, 5) is 12.1. The van der Waals surface area contributed by atoms with Crippen LogP contribution in [0, 0.1) is 0 Å². The van der Waals surface area contributed by atoms with Gasteiger partial charge in [-0.3, -0.25) is 4.79 Å². The molecule has 116 valence electrons. The normalized spacial score (nSPS) is 10.5. The lowest BCUT2D eigenvalue weighted by Crippen LogP contribution is -2.22. The largest absolute Gasteiger partial charge is 0.419 e. The number of aromatic nitrogens is 2. The average molecular weight is 393 g/mol. The van der Waals surface area contributed by atoms with Crippen LogP contribution in [0.5, 0.6) is 0 Å². The lowest BCUT2D eigenvalue weighted by molar-refractivity contribution is 0.0947. The maximum absolute atomic E-state index is 12.1. The summed E-state index contributed by atoms with van der Waals surface area (Å²) < 4.78 is 6.37. The van der Waals surface area contributed by atoms with Crippen molar-refractivity contribution in [3.05, 3.63) is 69.5 Å². The van der Waals surface area contributed by atoms with Crippen molar-refractivity contribution in [1.82, 2.24) is 15.5 Å². The van der Waals surface area contributed by atoms with E-state index in [0.29, 0.717) is 27.9 Å². The third-order valence-corrected chi connectivity index (χ3v) is 3.88. The molecule has 1 heterocycles. The van der Waals surface area contributed by atoms with E-state index >= 15 is 0 Å². The summed E-state index contributed by atoms with van der Waals surface area (Å²) in [6, 6.07) is 14.3. The van der Waals surface area contributed by atoms with Crippen LogP contribution < -0.4 is 5.32 Å². The van der Waals surface area contributed by atoms with Gasteiger partial charge in [0.25, 0.3) is 5.91 Å². The molecule has 2 aromatic carbocycles. The molecule has 0 saturated heterocycles. The van der Waals surface area contributed by atoms with Crippen molar-refractivity contribution < 1.29 is 9.21 Å². The Morgan fingerprint density at radius 1 is 1.17 bits per heavy atom. The molecular formula is C16H11BrClN3O2. The molecule has 0 atom stereocenters. The molecule has 0 saturated carbocycles. The van der Waals surface area contributed by atoms with Crippen molar-refractivity contribution in [3.63, 3.8) is 0 Å². The van der Waals surface area contributed by atoms with Gasteiger partial charge in [-0.1, -0.05) is 45.7 Å². The highest BCUT2D eigenvalue weighted by Gasteiger charge is 2.12. The van der Waals surface area contributed by atoms with Gasteiger partial charge >= 0.3 is 0 Å². The fraction of sp³-hybridized carbons (Fsp3) is 0.0625. The summed E-state index contributed by atoms with van der Waals surface area (Å²) in [6.07, 6.45) is 0. The molecule has 1 amide bonds. The highest BCUT2D eigenvalue weighted by Crippen LogP contribution is 2.26. The lowest BCUT2D eigenvalue weighted by Gasteiger charge is -2.02. The summed E-state index contributed by atoms with van der Waals surface area (Å²) in [5.74, 6) is 0.411. The second-order valence-electron chi connectivity index (χ2n) is 4.67. The number of benzene rings is 2.